The van der Waals surface area contributed by atoms with E-state index < -0.39 is 0 Å². The fourth-order valence-electron chi connectivity index (χ4n) is 2.52. The van der Waals surface area contributed by atoms with Crippen LogP contribution in [0.5, 0.6) is 0 Å². The minimum atomic E-state index is -0.170. The molecule has 0 aliphatic rings. The van der Waals surface area contributed by atoms with Gasteiger partial charge >= 0.3 is 0 Å². The fourth-order valence-corrected chi connectivity index (χ4v) is 2.52. The van der Waals surface area contributed by atoms with Crippen molar-refractivity contribution in [2.45, 2.75) is 19.4 Å². The number of rotatable bonds is 8. The highest BCUT2D eigenvalue weighted by Crippen LogP contribution is 2.18. The Labute approximate surface area is 172 Å². The Morgan fingerprint density at radius 1 is 1.19 bits per heavy atom. The Kier molecular flexibility index (Phi) is 10.3. The second-order valence-electron chi connectivity index (χ2n) is 5.98. The number of guanidine groups is 1. The number of likely N-dealkylation sites (N-methyl/N-ethyl adjacent to an activating group) is 1. The van der Waals surface area contributed by atoms with Gasteiger partial charge in [-0.1, -0.05) is 18.2 Å². The maximum Gasteiger partial charge on any atom is 0.191 e. The van der Waals surface area contributed by atoms with Crippen molar-refractivity contribution in [1.82, 2.24) is 15.5 Å². The van der Waals surface area contributed by atoms with Gasteiger partial charge in [0.15, 0.2) is 5.96 Å². The third kappa shape index (κ3) is 6.95. The summed E-state index contributed by atoms with van der Waals surface area (Å²) in [5, 5.41) is 6.48. The van der Waals surface area contributed by atoms with Gasteiger partial charge in [-0.2, -0.15) is 0 Å². The molecule has 1 unspecified atom stereocenters. The minimum absolute atomic E-state index is 0. The van der Waals surface area contributed by atoms with Crippen LogP contribution in [0.2, 0.25) is 0 Å². The molecule has 0 fully saturated rings. The second-order valence-corrected chi connectivity index (χ2v) is 5.98. The van der Waals surface area contributed by atoms with Crippen LogP contribution in [-0.4, -0.2) is 44.6 Å². The molecular formula is C19H28FIN4O. The van der Waals surface area contributed by atoms with Crippen LogP contribution in [0.4, 0.5) is 4.39 Å². The van der Waals surface area contributed by atoms with E-state index >= 15 is 0 Å². The van der Waals surface area contributed by atoms with Crippen molar-refractivity contribution >= 4 is 29.9 Å². The van der Waals surface area contributed by atoms with Gasteiger partial charge in [-0.15, -0.1) is 24.0 Å². The molecule has 5 nitrogen and oxygen atoms in total. The van der Waals surface area contributed by atoms with Crippen molar-refractivity contribution in [1.29, 1.82) is 0 Å². The van der Waals surface area contributed by atoms with Gasteiger partial charge in [0.1, 0.15) is 11.6 Å². The molecule has 0 aliphatic carbocycles. The SMILES string of the molecule is CCNC(=NCC(c1ccco1)N(C)C)NCCc1ccccc1F.I. The highest BCUT2D eigenvalue weighted by Gasteiger charge is 2.16. The number of hydrogen-bond donors (Lipinski definition) is 2. The molecule has 2 N–H and O–H groups in total. The van der Waals surface area contributed by atoms with Crippen molar-refractivity contribution in [2.24, 2.45) is 4.99 Å². The first-order valence-electron chi connectivity index (χ1n) is 8.57. The third-order valence-electron chi connectivity index (χ3n) is 3.91. The van der Waals surface area contributed by atoms with Crippen molar-refractivity contribution in [3.63, 3.8) is 0 Å². The van der Waals surface area contributed by atoms with E-state index in [1.54, 1.807) is 18.4 Å². The smallest absolute Gasteiger partial charge is 0.191 e. The third-order valence-corrected chi connectivity index (χ3v) is 3.91. The maximum absolute atomic E-state index is 13.7. The molecule has 0 radical (unpaired) electrons. The average Bonchev–Trinajstić information content (AvgIpc) is 3.10. The number of halogens is 2. The minimum Gasteiger partial charge on any atom is -0.468 e. The highest BCUT2D eigenvalue weighted by molar-refractivity contribution is 14.0. The zero-order valence-electron chi connectivity index (χ0n) is 15.5. The van der Waals surface area contributed by atoms with Crippen LogP contribution in [0, 0.1) is 5.82 Å². The van der Waals surface area contributed by atoms with Crippen LogP contribution in [-0.2, 0) is 6.42 Å². The topological polar surface area (TPSA) is 52.8 Å². The average molecular weight is 474 g/mol. The summed E-state index contributed by atoms with van der Waals surface area (Å²) in [6.45, 7) is 3.96. The molecule has 1 aromatic carbocycles. The normalized spacial score (nSPS) is 12.6. The van der Waals surface area contributed by atoms with Gasteiger partial charge in [0.2, 0.25) is 0 Å². The Balaban J connectivity index is 0.00000338. The van der Waals surface area contributed by atoms with Gasteiger partial charge in [-0.05, 0) is 51.2 Å². The van der Waals surface area contributed by atoms with E-state index in [0.29, 0.717) is 25.1 Å². The number of aliphatic imine (C=N–C) groups is 1. The lowest BCUT2D eigenvalue weighted by molar-refractivity contribution is 0.265. The van der Waals surface area contributed by atoms with Gasteiger partial charge in [0, 0.05) is 13.1 Å². The maximum atomic E-state index is 13.7. The summed E-state index contributed by atoms with van der Waals surface area (Å²) >= 11 is 0. The standard InChI is InChI=1S/C19H27FN4O.HI/c1-4-21-19(22-12-11-15-8-5-6-9-16(15)20)23-14-17(24(2)3)18-10-7-13-25-18;/h5-10,13,17H,4,11-12,14H2,1-3H3,(H2,21,22,23);1H. The first-order valence-corrected chi connectivity index (χ1v) is 8.57. The fraction of sp³-hybridized carbons (Fsp3) is 0.421. The van der Waals surface area contributed by atoms with Crippen LogP contribution in [0.3, 0.4) is 0 Å². The van der Waals surface area contributed by atoms with E-state index in [9.17, 15) is 4.39 Å². The van der Waals surface area contributed by atoms with Gasteiger partial charge in [0.05, 0.1) is 18.8 Å². The van der Waals surface area contributed by atoms with Crippen LogP contribution in [0.1, 0.15) is 24.3 Å². The summed E-state index contributed by atoms with van der Waals surface area (Å²) in [6.07, 6.45) is 2.28. The lowest BCUT2D eigenvalue weighted by Gasteiger charge is -2.21. The molecule has 0 aliphatic heterocycles. The van der Waals surface area contributed by atoms with Crippen molar-refractivity contribution < 1.29 is 8.81 Å². The van der Waals surface area contributed by atoms with E-state index in [-0.39, 0.29) is 35.8 Å². The Hall–Kier alpha value is -1.61. The predicted octanol–water partition coefficient (Wildman–Crippen LogP) is 3.44. The van der Waals surface area contributed by atoms with Gasteiger partial charge in [-0.3, -0.25) is 9.89 Å². The Morgan fingerprint density at radius 2 is 1.96 bits per heavy atom. The predicted molar refractivity (Wildman–Crippen MR) is 115 cm³/mol. The number of furan rings is 1. The van der Waals surface area contributed by atoms with E-state index in [4.69, 9.17) is 4.42 Å². The molecule has 0 spiro atoms. The van der Waals surface area contributed by atoms with Gasteiger partial charge in [-0.25, -0.2) is 4.39 Å². The van der Waals surface area contributed by atoms with Crippen LogP contribution in [0.25, 0.3) is 0 Å². The number of benzene rings is 1. The second kappa shape index (κ2) is 11.9. The summed E-state index contributed by atoms with van der Waals surface area (Å²) in [5.41, 5.74) is 0.701. The zero-order valence-corrected chi connectivity index (χ0v) is 17.9. The molecular weight excluding hydrogens is 446 g/mol. The Morgan fingerprint density at radius 3 is 2.58 bits per heavy atom. The number of hydrogen-bond acceptors (Lipinski definition) is 3. The lowest BCUT2D eigenvalue weighted by atomic mass is 10.1. The van der Waals surface area contributed by atoms with Gasteiger partial charge in [0.25, 0.3) is 0 Å². The molecule has 0 amide bonds. The molecule has 144 valence electrons. The van der Waals surface area contributed by atoms with E-state index in [2.05, 4.69) is 20.5 Å². The molecule has 0 saturated heterocycles. The molecule has 0 saturated carbocycles. The quantitative estimate of drug-likeness (QED) is 0.350. The van der Waals surface area contributed by atoms with Crippen LogP contribution in [0.15, 0.2) is 52.1 Å². The lowest BCUT2D eigenvalue weighted by Crippen LogP contribution is -2.39. The summed E-state index contributed by atoms with van der Waals surface area (Å²) in [5.74, 6) is 1.44. The Bertz CT molecular complexity index is 661. The van der Waals surface area contributed by atoms with Crippen LogP contribution < -0.4 is 10.6 Å². The highest BCUT2D eigenvalue weighted by atomic mass is 127. The molecule has 1 atom stereocenters. The first-order chi connectivity index (χ1) is 12.1. The summed E-state index contributed by atoms with van der Waals surface area (Å²) in [6, 6.07) is 10.7. The number of nitrogens with one attached hydrogen (secondary N) is 2. The van der Waals surface area contributed by atoms with Crippen molar-refractivity contribution in [2.75, 3.05) is 33.7 Å². The zero-order chi connectivity index (χ0) is 18.1. The largest absolute Gasteiger partial charge is 0.468 e. The molecule has 1 aromatic heterocycles. The summed E-state index contributed by atoms with van der Waals surface area (Å²) < 4.78 is 19.2. The first kappa shape index (κ1) is 22.4. The molecule has 7 heteroatoms. The van der Waals surface area contributed by atoms with Crippen molar-refractivity contribution in [3.05, 3.63) is 59.8 Å². The molecule has 1 heterocycles. The van der Waals surface area contributed by atoms with E-state index in [0.717, 1.165) is 18.3 Å². The van der Waals surface area contributed by atoms with Crippen LogP contribution >= 0.6 is 24.0 Å². The summed E-state index contributed by atoms with van der Waals surface area (Å²) in [7, 11) is 4.00. The molecule has 0 bridgehead atoms. The van der Waals surface area contributed by atoms with E-state index in [1.807, 2.05) is 39.2 Å². The summed E-state index contributed by atoms with van der Waals surface area (Å²) in [4.78, 5) is 6.72. The monoisotopic (exact) mass is 474 g/mol. The molecule has 2 aromatic rings. The van der Waals surface area contributed by atoms with E-state index in [1.165, 1.54) is 6.07 Å². The molecule has 26 heavy (non-hydrogen) atoms. The van der Waals surface area contributed by atoms with Gasteiger partial charge < -0.3 is 15.1 Å². The van der Waals surface area contributed by atoms with Crippen molar-refractivity contribution in [3.8, 4) is 0 Å². The number of nitrogens with zero attached hydrogens (tertiary/aromatic N) is 2. The molecule has 2 rings (SSSR count).